The molecule has 0 radical (unpaired) electrons. The molecule has 1 saturated heterocycles. The van der Waals surface area contributed by atoms with Gasteiger partial charge in [-0.2, -0.15) is 0 Å². The van der Waals surface area contributed by atoms with Crippen LogP contribution in [-0.2, 0) is 11.3 Å². The van der Waals surface area contributed by atoms with Gasteiger partial charge in [0.2, 0.25) is 11.8 Å². The normalized spacial score (nSPS) is 20.7. The molecule has 2 fully saturated rings. The summed E-state index contributed by atoms with van der Waals surface area (Å²) in [5.41, 5.74) is 0.914. The van der Waals surface area contributed by atoms with Gasteiger partial charge < -0.3 is 13.9 Å². The van der Waals surface area contributed by atoms with Crippen LogP contribution >= 0.6 is 0 Å². The number of nitrogens with zero attached hydrogens (tertiary/aromatic N) is 3. The Labute approximate surface area is 141 Å². The lowest BCUT2D eigenvalue weighted by atomic mass is 10.1. The third-order valence-corrected chi connectivity index (χ3v) is 4.72. The fourth-order valence-corrected chi connectivity index (χ4v) is 3.18. The zero-order chi connectivity index (χ0) is 16.4. The van der Waals surface area contributed by atoms with Crippen LogP contribution in [0.3, 0.4) is 0 Å². The highest BCUT2D eigenvalue weighted by Crippen LogP contribution is 2.30. The summed E-state index contributed by atoms with van der Waals surface area (Å²) in [5, 5.41) is 8.44. The molecule has 4 rings (SSSR count). The minimum atomic E-state index is 0.563. The largest absolute Gasteiger partial charge is 0.497 e. The molecule has 2 heterocycles. The summed E-state index contributed by atoms with van der Waals surface area (Å²) in [4.78, 5) is 2.48. The summed E-state index contributed by atoms with van der Waals surface area (Å²) in [6.07, 6.45) is 3.70. The Bertz CT molecular complexity index is 660. The van der Waals surface area contributed by atoms with Crippen molar-refractivity contribution in [3.05, 3.63) is 30.2 Å². The average Bonchev–Trinajstić information content (AvgIpc) is 3.14. The van der Waals surface area contributed by atoms with E-state index in [4.69, 9.17) is 13.9 Å². The maximum absolute atomic E-state index is 5.88. The molecule has 0 spiro atoms. The molecule has 2 aromatic rings. The van der Waals surface area contributed by atoms with E-state index >= 15 is 0 Å². The first-order valence-electron chi connectivity index (χ1n) is 8.60. The Morgan fingerprint density at radius 2 is 2.00 bits per heavy atom. The number of aromatic nitrogens is 2. The van der Waals surface area contributed by atoms with Crippen LogP contribution in [0.25, 0.3) is 11.5 Å². The van der Waals surface area contributed by atoms with Gasteiger partial charge in [-0.3, -0.25) is 4.90 Å². The van der Waals surface area contributed by atoms with Crippen molar-refractivity contribution >= 4 is 0 Å². The van der Waals surface area contributed by atoms with Crippen molar-refractivity contribution in [2.75, 3.05) is 26.9 Å². The number of hydrogen-bond acceptors (Lipinski definition) is 6. The van der Waals surface area contributed by atoms with Gasteiger partial charge in [0.05, 0.1) is 20.3 Å². The van der Waals surface area contributed by atoms with Gasteiger partial charge in [-0.25, -0.2) is 0 Å². The molecule has 0 unspecified atom stereocenters. The Morgan fingerprint density at radius 3 is 2.67 bits per heavy atom. The molecule has 6 heteroatoms. The third kappa shape index (κ3) is 3.60. The molecule has 0 N–H and O–H groups in total. The average molecular weight is 329 g/mol. The van der Waals surface area contributed by atoms with Crippen LogP contribution in [0.2, 0.25) is 0 Å². The van der Waals surface area contributed by atoms with Gasteiger partial charge in [0.1, 0.15) is 5.75 Å². The van der Waals surface area contributed by atoms with Crippen LogP contribution in [0.15, 0.2) is 28.7 Å². The summed E-state index contributed by atoms with van der Waals surface area (Å²) < 4.78 is 16.6. The highest BCUT2D eigenvalue weighted by Gasteiger charge is 2.32. The molecule has 1 saturated carbocycles. The molecule has 1 aromatic heterocycles. The van der Waals surface area contributed by atoms with Crippen LogP contribution < -0.4 is 4.74 Å². The maximum atomic E-state index is 5.88. The van der Waals surface area contributed by atoms with Gasteiger partial charge in [-0.05, 0) is 49.4 Å². The minimum Gasteiger partial charge on any atom is -0.497 e. The highest BCUT2D eigenvalue weighted by atomic mass is 16.5. The van der Waals surface area contributed by atoms with Gasteiger partial charge in [0.25, 0.3) is 0 Å². The summed E-state index contributed by atoms with van der Waals surface area (Å²) >= 11 is 0. The van der Waals surface area contributed by atoms with Gasteiger partial charge >= 0.3 is 0 Å². The van der Waals surface area contributed by atoms with Gasteiger partial charge in [-0.15, -0.1) is 10.2 Å². The Hall–Kier alpha value is -1.92. The predicted molar refractivity (Wildman–Crippen MR) is 88.6 cm³/mol. The number of benzene rings is 1. The van der Waals surface area contributed by atoms with Crippen molar-refractivity contribution in [3.63, 3.8) is 0 Å². The second-order valence-corrected chi connectivity index (χ2v) is 6.62. The van der Waals surface area contributed by atoms with Crippen molar-refractivity contribution in [1.29, 1.82) is 0 Å². The van der Waals surface area contributed by atoms with E-state index in [9.17, 15) is 0 Å². The topological polar surface area (TPSA) is 60.6 Å². The van der Waals surface area contributed by atoms with E-state index in [0.717, 1.165) is 44.0 Å². The van der Waals surface area contributed by atoms with E-state index < -0.39 is 0 Å². The predicted octanol–water partition coefficient (Wildman–Crippen LogP) is 2.75. The second-order valence-electron chi connectivity index (χ2n) is 6.62. The van der Waals surface area contributed by atoms with E-state index in [1.165, 1.54) is 12.8 Å². The highest BCUT2D eigenvalue weighted by molar-refractivity contribution is 5.53. The monoisotopic (exact) mass is 329 g/mol. The number of rotatable bonds is 7. The molecule has 2 aliphatic rings. The molecule has 1 aliphatic carbocycles. The third-order valence-electron chi connectivity index (χ3n) is 4.72. The summed E-state index contributed by atoms with van der Waals surface area (Å²) in [7, 11) is 1.65. The van der Waals surface area contributed by atoms with Crippen molar-refractivity contribution in [3.8, 4) is 17.2 Å². The molecule has 6 nitrogen and oxygen atoms in total. The summed E-state index contributed by atoms with van der Waals surface area (Å²) in [5.74, 6) is 2.70. The van der Waals surface area contributed by atoms with Gasteiger partial charge in [0.15, 0.2) is 0 Å². The Morgan fingerprint density at radius 1 is 1.17 bits per heavy atom. The quantitative estimate of drug-likeness (QED) is 0.778. The fraction of sp³-hybridized carbons (Fsp3) is 0.556. The van der Waals surface area contributed by atoms with Crippen LogP contribution in [0, 0.1) is 5.92 Å². The van der Waals surface area contributed by atoms with E-state index in [1.807, 2.05) is 24.3 Å². The van der Waals surface area contributed by atoms with Crippen molar-refractivity contribution in [1.82, 2.24) is 15.1 Å². The van der Waals surface area contributed by atoms with Gasteiger partial charge in [-0.1, -0.05) is 0 Å². The Kier molecular flexibility index (Phi) is 4.49. The first-order chi connectivity index (χ1) is 11.8. The number of hydrogen-bond donors (Lipinski definition) is 0. The molecule has 1 atom stereocenters. The van der Waals surface area contributed by atoms with E-state index in [2.05, 4.69) is 15.1 Å². The lowest BCUT2D eigenvalue weighted by Crippen LogP contribution is -2.31. The first kappa shape index (κ1) is 15.6. The number of ether oxygens (including phenoxy) is 2. The van der Waals surface area contributed by atoms with Crippen LogP contribution in [-0.4, -0.2) is 48.0 Å². The molecule has 1 aliphatic heterocycles. The number of methoxy groups -OCH3 is 1. The molecular formula is C18H23N3O3. The van der Waals surface area contributed by atoms with Crippen LogP contribution in [0.1, 0.15) is 25.2 Å². The Balaban J connectivity index is 1.42. The smallest absolute Gasteiger partial charge is 0.247 e. The minimum absolute atomic E-state index is 0.563. The zero-order valence-electron chi connectivity index (χ0n) is 14.0. The molecule has 1 aromatic carbocycles. The zero-order valence-corrected chi connectivity index (χ0v) is 14.0. The van der Waals surface area contributed by atoms with E-state index in [-0.39, 0.29) is 0 Å². The molecule has 128 valence electrons. The first-order valence-corrected chi connectivity index (χ1v) is 8.60. The van der Waals surface area contributed by atoms with Crippen molar-refractivity contribution < 1.29 is 13.9 Å². The molecular weight excluding hydrogens is 306 g/mol. The molecule has 24 heavy (non-hydrogen) atoms. The van der Waals surface area contributed by atoms with E-state index in [0.29, 0.717) is 23.7 Å². The fourth-order valence-electron chi connectivity index (χ4n) is 3.18. The molecule has 0 bridgehead atoms. The second kappa shape index (κ2) is 6.91. The summed E-state index contributed by atoms with van der Waals surface area (Å²) in [6.45, 7) is 3.56. The van der Waals surface area contributed by atoms with Crippen LogP contribution in [0.4, 0.5) is 0 Å². The maximum Gasteiger partial charge on any atom is 0.247 e. The standard InChI is InChI=1S/C18H23N3O3/c1-22-16-6-2-14(3-7-16)18-20-19-17(24-18)11-21(15-4-5-15)10-13-8-9-23-12-13/h2-3,6-7,13,15H,4-5,8-12H2,1H3/t13-/m0/s1. The lowest BCUT2D eigenvalue weighted by Gasteiger charge is -2.22. The molecule has 0 amide bonds. The van der Waals surface area contributed by atoms with Crippen LogP contribution in [0.5, 0.6) is 5.75 Å². The van der Waals surface area contributed by atoms with Crippen molar-refractivity contribution in [2.24, 2.45) is 5.92 Å². The van der Waals surface area contributed by atoms with Crippen molar-refractivity contribution in [2.45, 2.75) is 31.8 Å². The van der Waals surface area contributed by atoms with E-state index in [1.54, 1.807) is 7.11 Å². The van der Waals surface area contributed by atoms with Gasteiger partial charge in [0, 0.05) is 24.8 Å². The lowest BCUT2D eigenvalue weighted by molar-refractivity contribution is 0.156. The SMILES string of the molecule is COc1ccc(-c2nnc(CN(C[C@@H]3CCOC3)C3CC3)o2)cc1. The summed E-state index contributed by atoms with van der Waals surface area (Å²) in [6, 6.07) is 8.34.